The second kappa shape index (κ2) is 7.24. The molecule has 0 amide bonds. The average molecular weight is 364 g/mol. The predicted octanol–water partition coefficient (Wildman–Crippen LogP) is -0.369. The van der Waals surface area contributed by atoms with Crippen molar-refractivity contribution in [3.63, 3.8) is 0 Å². The van der Waals surface area contributed by atoms with E-state index in [9.17, 15) is 16.8 Å². The summed E-state index contributed by atoms with van der Waals surface area (Å²) in [5, 5.41) is 3.06. The van der Waals surface area contributed by atoms with Gasteiger partial charge in [-0.25, -0.2) is 16.8 Å². The van der Waals surface area contributed by atoms with E-state index in [1.165, 1.54) is 42.8 Å². The maximum absolute atomic E-state index is 12.8. The van der Waals surface area contributed by atoms with Gasteiger partial charge >= 0.3 is 0 Å². The van der Waals surface area contributed by atoms with Crippen LogP contribution in [-0.4, -0.2) is 67.2 Å². The number of piperazine rings is 1. The number of rotatable bonds is 6. The highest BCUT2D eigenvalue weighted by atomic mass is 32.2. The molecule has 10 heteroatoms. The number of sulfone groups is 1. The van der Waals surface area contributed by atoms with Crippen LogP contribution in [0.4, 0.5) is 0 Å². The topological polar surface area (TPSA) is 102 Å². The summed E-state index contributed by atoms with van der Waals surface area (Å²) in [5.74, 6) is 0. The third kappa shape index (κ3) is 3.57. The lowest BCUT2D eigenvalue weighted by Gasteiger charge is -2.27. The summed E-state index contributed by atoms with van der Waals surface area (Å²) in [6, 6.07) is 5.48. The van der Waals surface area contributed by atoms with Crippen LogP contribution >= 0.6 is 0 Å². The Balaban J connectivity index is 2.53. The summed E-state index contributed by atoms with van der Waals surface area (Å²) in [6.45, 7) is 1.61. The monoisotopic (exact) mass is 364 g/mol. The van der Waals surface area contributed by atoms with E-state index in [-0.39, 0.29) is 22.9 Å². The Kier molecular flexibility index (Phi) is 5.76. The van der Waals surface area contributed by atoms with E-state index in [1.807, 2.05) is 0 Å². The van der Waals surface area contributed by atoms with Gasteiger partial charge in [0.2, 0.25) is 19.9 Å². The number of methoxy groups -OCH3 is 2. The molecular formula is C13H20N2O6S2. The van der Waals surface area contributed by atoms with Gasteiger partial charge in [-0.05, 0) is 12.1 Å². The van der Waals surface area contributed by atoms with Crippen molar-refractivity contribution in [1.29, 1.82) is 0 Å². The summed E-state index contributed by atoms with van der Waals surface area (Å²) in [7, 11) is -5.68. The molecule has 0 aliphatic carbocycles. The minimum Gasteiger partial charge on any atom is -0.343 e. The van der Waals surface area contributed by atoms with Gasteiger partial charge in [0, 0.05) is 40.4 Å². The Labute approximate surface area is 136 Å². The van der Waals surface area contributed by atoms with E-state index >= 15 is 0 Å². The lowest BCUT2D eigenvalue weighted by atomic mass is 10.4. The molecule has 0 saturated carbocycles. The smallest absolute Gasteiger partial charge is 0.267 e. The van der Waals surface area contributed by atoms with E-state index in [1.54, 1.807) is 0 Å². The molecular weight excluding hydrogens is 344 g/mol. The summed E-state index contributed by atoms with van der Waals surface area (Å²) in [5.41, 5.74) is -1.57. The van der Waals surface area contributed by atoms with E-state index in [0.29, 0.717) is 13.1 Å². The highest BCUT2D eigenvalue weighted by molar-refractivity contribution is 7.93. The SMILES string of the molecule is COC(OC)S(=O)(=O)c1ccccc1S(=O)(=O)N1CCNCC1. The van der Waals surface area contributed by atoms with E-state index < -0.39 is 25.5 Å². The van der Waals surface area contributed by atoms with Crippen LogP contribution in [0.15, 0.2) is 34.1 Å². The first-order valence-electron chi connectivity index (χ1n) is 6.95. The van der Waals surface area contributed by atoms with Gasteiger partial charge in [0.05, 0.1) is 4.90 Å². The average Bonchev–Trinajstić information content (AvgIpc) is 2.56. The molecule has 1 aliphatic rings. The van der Waals surface area contributed by atoms with Crippen molar-refractivity contribution in [3.05, 3.63) is 24.3 Å². The van der Waals surface area contributed by atoms with Gasteiger partial charge < -0.3 is 14.8 Å². The highest BCUT2D eigenvalue weighted by Crippen LogP contribution is 2.27. The van der Waals surface area contributed by atoms with Crippen molar-refractivity contribution in [1.82, 2.24) is 9.62 Å². The lowest BCUT2D eigenvalue weighted by Crippen LogP contribution is -2.46. The van der Waals surface area contributed by atoms with Gasteiger partial charge in [0.1, 0.15) is 4.90 Å². The first-order chi connectivity index (χ1) is 10.9. The summed E-state index contributed by atoms with van der Waals surface area (Å²) in [6.07, 6.45) is 0. The van der Waals surface area contributed by atoms with Gasteiger partial charge in [0.15, 0.2) is 0 Å². The molecule has 1 aliphatic heterocycles. The van der Waals surface area contributed by atoms with Crippen molar-refractivity contribution in [2.45, 2.75) is 15.4 Å². The molecule has 0 aromatic heterocycles. The van der Waals surface area contributed by atoms with E-state index in [0.717, 1.165) is 0 Å². The maximum Gasteiger partial charge on any atom is 0.267 e. The Hall–Kier alpha value is -1.04. The summed E-state index contributed by atoms with van der Waals surface area (Å²) >= 11 is 0. The van der Waals surface area contributed by atoms with Crippen LogP contribution in [0.25, 0.3) is 0 Å². The Bertz CT molecular complexity index is 737. The van der Waals surface area contributed by atoms with Crippen LogP contribution in [-0.2, 0) is 29.3 Å². The van der Waals surface area contributed by atoms with Crippen molar-refractivity contribution in [3.8, 4) is 0 Å². The van der Waals surface area contributed by atoms with Crippen LogP contribution in [0.2, 0.25) is 0 Å². The molecule has 1 fully saturated rings. The molecule has 130 valence electrons. The van der Waals surface area contributed by atoms with Crippen LogP contribution in [0.5, 0.6) is 0 Å². The van der Waals surface area contributed by atoms with Crippen molar-refractivity contribution in [2.75, 3.05) is 40.4 Å². The van der Waals surface area contributed by atoms with Crippen LogP contribution in [0.3, 0.4) is 0 Å². The largest absolute Gasteiger partial charge is 0.343 e. The van der Waals surface area contributed by atoms with Crippen molar-refractivity contribution in [2.24, 2.45) is 0 Å². The number of benzene rings is 1. The van der Waals surface area contributed by atoms with Crippen molar-refractivity contribution < 1.29 is 26.3 Å². The van der Waals surface area contributed by atoms with Crippen LogP contribution in [0.1, 0.15) is 0 Å². The number of nitrogens with zero attached hydrogens (tertiary/aromatic N) is 1. The first-order valence-corrected chi connectivity index (χ1v) is 9.93. The Morgan fingerprint density at radius 3 is 2.04 bits per heavy atom. The van der Waals surface area contributed by atoms with Gasteiger partial charge in [-0.1, -0.05) is 12.1 Å². The molecule has 1 aromatic rings. The minimum atomic E-state index is -4.12. The van der Waals surface area contributed by atoms with E-state index in [4.69, 9.17) is 9.47 Å². The fourth-order valence-corrected chi connectivity index (χ4v) is 5.88. The summed E-state index contributed by atoms with van der Waals surface area (Å²) in [4.78, 5) is -0.590. The van der Waals surface area contributed by atoms with Crippen molar-refractivity contribution >= 4 is 19.9 Å². The summed E-state index contributed by atoms with van der Waals surface area (Å²) < 4.78 is 61.7. The fourth-order valence-electron chi connectivity index (χ4n) is 2.38. The highest BCUT2D eigenvalue weighted by Gasteiger charge is 2.36. The molecule has 1 saturated heterocycles. The Morgan fingerprint density at radius 2 is 1.52 bits per heavy atom. The molecule has 0 bridgehead atoms. The predicted molar refractivity (Wildman–Crippen MR) is 83.1 cm³/mol. The molecule has 8 nitrogen and oxygen atoms in total. The third-order valence-electron chi connectivity index (χ3n) is 3.49. The Morgan fingerprint density at radius 1 is 1.00 bits per heavy atom. The van der Waals surface area contributed by atoms with Gasteiger partial charge in [0.25, 0.3) is 5.62 Å². The number of hydrogen-bond donors (Lipinski definition) is 1. The zero-order valence-electron chi connectivity index (χ0n) is 12.9. The molecule has 0 radical (unpaired) electrons. The number of hydrogen-bond acceptors (Lipinski definition) is 7. The van der Waals surface area contributed by atoms with Crippen LogP contribution in [0, 0.1) is 0 Å². The molecule has 0 spiro atoms. The number of sulfonamides is 1. The standard InChI is InChI=1S/C13H20N2O6S2/c1-20-13(21-2)22(16,17)11-5-3-4-6-12(11)23(18,19)15-9-7-14-8-10-15/h3-6,13-14H,7-10H2,1-2H3. The fraction of sp³-hybridized carbons (Fsp3) is 0.538. The number of nitrogens with one attached hydrogen (secondary N) is 1. The van der Waals surface area contributed by atoms with E-state index in [2.05, 4.69) is 5.32 Å². The van der Waals surface area contributed by atoms with Gasteiger partial charge in [-0.15, -0.1) is 0 Å². The zero-order chi connectivity index (χ0) is 17.1. The molecule has 0 unspecified atom stereocenters. The molecule has 0 atom stereocenters. The van der Waals surface area contributed by atoms with Gasteiger partial charge in [-0.3, -0.25) is 0 Å². The van der Waals surface area contributed by atoms with Crippen LogP contribution < -0.4 is 5.32 Å². The first kappa shape index (κ1) is 18.3. The quantitative estimate of drug-likeness (QED) is 0.687. The second-order valence-electron chi connectivity index (χ2n) is 4.91. The number of ether oxygens (including phenoxy) is 2. The lowest BCUT2D eigenvalue weighted by molar-refractivity contribution is -0.0416. The molecule has 1 heterocycles. The maximum atomic E-state index is 12.8. The normalized spacial score (nSPS) is 17.5. The van der Waals surface area contributed by atoms with Gasteiger partial charge in [-0.2, -0.15) is 4.31 Å². The molecule has 1 N–H and O–H groups in total. The zero-order valence-corrected chi connectivity index (χ0v) is 14.6. The molecule has 1 aromatic carbocycles. The second-order valence-corrected chi connectivity index (χ2v) is 8.73. The minimum absolute atomic E-state index is 0.263. The molecule has 2 rings (SSSR count). The molecule has 23 heavy (non-hydrogen) atoms. The third-order valence-corrected chi connectivity index (χ3v) is 7.43.